The quantitative estimate of drug-likeness (QED) is 0.888. The fourth-order valence-corrected chi connectivity index (χ4v) is 2.81. The maximum Gasteiger partial charge on any atom is 0.257 e. The average molecular weight is 282 g/mol. The van der Waals surface area contributed by atoms with Crippen LogP contribution in [0.2, 0.25) is 0 Å². The average Bonchev–Trinajstić information content (AvgIpc) is 2.49. The molecule has 1 aliphatic heterocycles. The third-order valence-electron chi connectivity index (χ3n) is 3.93. The Kier molecular flexibility index (Phi) is 3.29. The van der Waals surface area contributed by atoms with Crippen LogP contribution in [0.4, 0.5) is 5.69 Å². The molecule has 0 bridgehead atoms. The predicted molar refractivity (Wildman–Crippen MR) is 82.4 cm³/mol. The summed E-state index contributed by atoms with van der Waals surface area (Å²) < 4.78 is 0. The molecule has 0 radical (unpaired) electrons. The molecular weight excluding hydrogens is 264 g/mol. The minimum atomic E-state index is -0.350. The highest BCUT2D eigenvalue weighted by atomic mass is 16.3. The van der Waals surface area contributed by atoms with Crippen LogP contribution in [0, 0.1) is 6.92 Å². The van der Waals surface area contributed by atoms with Crippen LogP contribution >= 0.6 is 0 Å². The van der Waals surface area contributed by atoms with Crippen LogP contribution in [0.5, 0.6) is 5.75 Å². The van der Waals surface area contributed by atoms with Gasteiger partial charge in [-0.25, -0.2) is 0 Å². The number of hydrogen-bond acceptors (Lipinski definition) is 3. The number of nitrogens with one attached hydrogen (secondary N) is 1. The first-order valence-electron chi connectivity index (χ1n) is 7.08. The second-order valence-electron chi connectivity index (χ2n) is 5.19. The number of aromatic hydroxyl groups is 1. The van der Waals surface area contributed by atoms with Crippen molar-refractivity contribution in [2.24, 2.45) is 0 Å². The summed E-state index contributed by atoms with van der Waals surface area (Å²) in [6.45, 7) is 4.48. The number of phenolic OH excluding ortho intramolecular Hbond substituents is 1. The van der Waals surface area contributed by atoms with Crippen molar-refractivity contribution in [3.63, 3.8) is 0 Å². The first-order chi connectivity index (χ1) is 10.1. The van der Waals surface area contributed by atoms with E-state index in [2.05, 4.69) is 5.32 Å². The zero-order valence-corrected chi connectivity index (χ0v) is 12.1. The van der Waals surface area contributed by atoms with E-state index in [4.69, 9.17) is 0 Å². The van der Waals surface area contributed by atoms with Crippen molar-refractivity contribution in [1.82, 2.24) is 4.90 Å². The number of carbonyl (C=O) groups excluding carboxylic acids is 1. The molecule has 0 aromatic heterocycles. The number of fused-ring (bicyclic) bond motifs is 1. The zero-order valence-electron chi connectivity index (χ0n) is 12.1. The molecule has 1 unspecified atom stereocenters. The summed E-state index contributed by atoms with van der Waals surface area (Å²) in [5, 5.41) is 13.5. The largest absolute Gasteiger partial charge is 0.508 e. The highest BCUT2D eigenvalue weighted by Crippen LogP contribution is 2.37. The van der Waals surface area contributed by atoms with Gasteiger partial charge in [-0.3, -0.25) is 4.79 Å². The van der Waals surface area contributed by atoms with Crippen molar-refractivity contribution in [3.05, 3.63) is 59.2 Å². The smallest absolute Gasteiger partial charge is 0.257 e. The van der Waals surface area contributed by atoms with Gasteiger partial charge in [0.15, 0.2) is 0 Å². The number of hydrogen-bond donors (Lipinski definition) is 2. The molecule has 1 atom stereocenters. The lowest BCUT2D eigenvalue weighted by atomic mass is 10.00. The van der Waals surface area contributed by atoms with Crippen LogP contribution < -0.4 is 5.32 Å². The van der Waals surface area contributed by atoms with Gasteiger partial charge in [-0.15, -0.1) is 0 Å². The fraction of sp³-hybridized carbons (Fsp3) is 0.235. The van der Waals surface area contributed by atoms with Crippen molar-refractivity contribution in [2.75, 3.05) is 11.9 Å². The molecule has 108 valence electrons. The zero-order chi connectivity index (χ0) is 15.0. The summed E-state index contributed by atoms with van der Waals surface area (Å²) in [4.78, 5) is 14.4. The van der Waals surface area contributed by atoms with Crippen molar-refractivity contribution in [2.45, 2.75) is 20.0 Å². The normalized spacial score (nSPS) is 17.3. The van der Waals surface area contributed by atoms with Gasteiger partial charge in [0.2, 0.25) is 0 Å². The first kappa shape index (κ1) is 13.5. The van der Waals surface area contributed by atoms with Gasteiger partial charge in [-0.2, -0.15) is 0 Å². The Morgan fingerprint density at radius 2 is 1.95 bits per heavy atom. The summed E-state index contributed by atoms with van der Waals surface area (Å²) in [5.74, 6) is 0.182. The van der Waals surface area contributed by atoms with E-state index in [1.165, 1.54) is 0 Å². The molecule has 0 aliphatic carbocycles. The molecule has 1 heterocycles. The molecular formula is C17H18N2O2. The predicted octanol–water partition coefficient (Wildman–Crippen LogP) is 3.29. The topological polar surface area (TPSA) is 52.6 Å². The van der Waals surface area contributed by atoms with Crippen LogP contribution in [-0.4, -0.2) is 22.5 Å². The molecule has 4 heteroatoms. The second-order valence-corrected chi connectivity index (χ2v) is 5.19. The molecule has 4 nitrogen and oxygen atoms in total. The van der Waals surface area contributed by atoms with Crippen molar-refractivity contribution >= 4 is 11.6 Å². The van der Waals surface area contributed by atoms with E-state index in [9.17, 15) is 9.90 Å². The summed E-state index contributed by atoms with van der Waals surface area (Å²) in [6, 6.07) is 12.8. The van der Waals surface area contributed by atoms with Crippen LogP contribution in [0.1, 0.15) is 34.6 Å². The summed E-state index contributed by atoms with van der Waals surface area (Å²) in [7, 11) is 0. The van der Waals surface area contributed by atoms with Crippen molar-refractivity contribution in [3.8, 4) is 5.75 Å². The van der Waals surface area contributed by atoms with Gasteiger partial charge < -0.3 is 15.3 Å². The number of nitrogens with zero attached hydrogens (tertiary/aromatic N) is 1. The Balaban J connectivity index is 2.13. The van der Waals surface area contributed by atoms with E-state index in [1.807, 2.05) is 44.2 Å². The van der Waals surface area contributed by atoms with Crippen LogP contribution in [0.25, 0.3) is 0 Å². The van der Waals surface area contributed by atoms with E-state index in [-0.39, 0.29) is 17.8 Å². The first-order valence-corrected chi connectivity index (χ1v) is 7.08. The molecule has 0 saturated heterocycles. The lowest BCUT2D eigenvalue weighted by Gasteiger charge is -2.38. The maximum atomic E-state index is 12.7. The summed E-state index contributed by atoms with van der Waals surface area (Å²) >= 11 is 0. The summed E-state index contributed by atoms with van der Waals surface area (Å²) in [5.41, 5.74) is 3.27. The molecule has 0 saturated carbocycles. The minimum absolute atomic E-state index is 0.0109. The molecule has 0 fully saturated rings. The molecule has 2 N–H and O–H groups in total. The van der Waals surface area contributed by atoms with Gasteiger partial charge in [-0.05, 0) is 31.5 Å². The molecule has 21 heavy (non-hydrogen) atoms. The standard InChI is InChI=1S/C17H18N2O2/c1-3-19-16(12-8-4-5-10-14(12)20)18-15-11(2)7-6-9-13(15)17(19)21/h4-10,16,18,20H,3H2,1-2H3. The van der Waals surface area contributed by atoms with E-state index in [1.54, 1.807) is 17.0 Å². The number of para-hydroxylation sites is 2. The number of rotatable bonds is 2. The number of anilines is 1. The third kappa shape index (κ3) is 2.13. The number of phenols is 1. The Morgan fingerprint density at radius 3 is 2.67 bits per heavy atom. The van der Waals surface area contributed by atoms with Crippen LogP contribution in [0.15, 0.2) is 42.5 Å². The van der Waals surface area contributed by atoms with E-state index < -0.39 is 0 Å². The van der Waals surface area contributed by atoms with Gasteiger partial charge in [-0.1, -0.05) is 30.3 Å². The molecule has 2 aromatic carbocycles. The molecule has 2 aromatic rings. The minimum Gasteiger partial charge on any atom is -0.508 e. The number of amides is 1. The maximum absolute atomic E-state index is 12.7. The number of carbonyl (C=O) groups is 1. The van der Waals surface area contributed by atoms with Crippen molar-refractivity contribution in [1.29, 1.82) is 0 Å². The highest BCUT2D eigenvalue weighted by Gasteiger charge is 2.33. The molecule has 0 spiro atoms. The highest BCUT2D eigenvalue weighted by molar-refractivity contribution is 6.02. The molecule has 1 amide bonds. The molecule has 3 rings (SSSR count). The monoisotopic (exact) mass is 282 g/mol. The Labute approximate surface area is 124 Å². The lowest BCUT2D eigenvalue weighted by Crippen LogP contribution is -2.43. The SMILES string of the molecule is CCN1C(=O)c2cccc(C)c2NC1c1ccccc1O. The van der Waals surface area contributed by atoms with Gasteiger partial charge >= 0.3 is 0 Å². The van der Waals surface area contributed by atoms with Gasteiger partial charge in [0.25, 0.3) is 5.91 Å². The van der Waals surface area contributed by atoms with Gasteiger partial charge in [0, 0.05) is 12.1 Å². The van der Waals surface area contributed by atoms with Gasteiger partial charge in [0.1, 0.15) is 11.9 Å². The van der Waals surface area contributed by atoms with Crippen LogP contribution in [-0.2, 0) is 0 Å². The Morgan fingerprint density at radius 1 is 1.19 bits per heavy atom. The lowest BCUT2D eigenvalue weighted by molar-refractivity contribution is 0.0693. The number of aryl methyl sites for hydroxylation is 1. The summed E-state index contributed by atoms with van der Waals surface area (Å²) in [6.07, 6.45) is -0.350. The molecule has 1 aliphatic rings. The van der Waals surface area contributed by atoms with Crippen LogP contribution in [0.3, 0.4) is 0 Å². The van der Waals surface area contributed by atoms with Crippen molar-refractivity contribution < 1.29 is 9.90 Å². The van der Waals surface area contributed by atoms with E-state index >= 15 is 0 Å². The van der Waals surface area contributed by atoms with E-state index in [0.29, 0.717) is 17.7 Å². The second kappa shape index (κ2) is 5.13. The van der Waals surface area contributed by atoms with E-state index in [0.717, 1.165) is 11.3 Å². The Bertz CT molecular complexity index is 697. The fourth-order valence-electron chi connectivity index (χ4n) is 2.81. The Hall–Kier alpha value is -2.49. The number of benzene rings is 2. The van der Waals surface area contributed by atoms with Gasteiger partial charge in [0.05, 0.1) is 11.3 Å². The third-order valence-corrected chi connectivity index (χ3v) is 3.93.